The summed E-state index contributed by atoms with van der Waals surface area (Å²) in [5, 5.41) is 2.26. The number of hydrogen-bond donors (Lipinski definition) is 0. The summed E-state index contributed by atoms with van der Waals surface area (Å²) in [5.74, 6) is 2.65. The third-order valence-electron chi connectivity index (χ3n) is 15.3. The first-order valence-corrected chi connectivity index (χ1v) is 26.6. The van der Waals surface area contributed by atoms with E-state index in [0.717, 1.165) is 55.9 Å². The SMILES string of the molecule is CC(C)c1cccc(C(C)C)c1-c1cc(Oc2[c-]c3c(cc2)c2cc(C(C)(C)C)ccc2n3-c2cc(C(C)(C)C)ccn2)[c-]c(N2[CH-]N(c3cccc(C(C)(C)c4ccccc4)c3)c3ccc(C(C)(C)C)cc32)c1.[CH3-].[Pt+4]. The van der Waals surface area contributed by atoms with E-state index in [9.17, 15) is 0 Å². The van der Waals surface area contributed by atoms with Crippen LogP contribution in [0.5, 0.6) is 11.5 Å². The van der Waals surface area contributed by atoms with Crippen LogP contribution in [-0.4, -0.2) is 9.55 Å². The van der Waals surface area contributed by atoms with Gasteiger partial charge in [-0.05, 0) is 120 Å². The van der Waals surface area contributed by atoms with Crippen LogP contribution in [0.1, 0.15) is 155 Å². The van der Waals surface area contributed by atoms with Gasteiger partial charge in [-0.2, -0.15) is 6.07 Å². The Bertz CT molecular complexity index is 3540. The van der Waals surface area contributed by atoms with Gasteiger partial charge in [0.1, 0.15) is 5.82 Å². The van der Waals surface area contributed by atoms with Crippen LogP contribution >= 0.6 is 0 Å². The average Bonchev–Trinajstić information content (AvgIpc) is 3.95. The fourth-order valence-corrected chi connectivity index (χ4v) is 10.6. The molecule has 2 aromatic heterocycles. The third kappa shape index (κ3) is 10.5. The predicted octanol–water partition coefficient (Wildman–Crippen LogP) is 19.6. The zero-order chi connectivity index (χ0) is 52.6. The first kappa shape index (κ1) is 55.8. The van der Waals surface area contributed by atoms with Crippen molar-refractivity contribution in [2.75, 3.05) is 9.80 Å². The second-order valence-electron chi connectivity index (χ2n) is 24.7. The Balaban J connectivity index is 0.00000383. The minimum Gasteiger partial charge on any atom is -0.509 e. The largest absolute Gasteiger partial charge is 4.00 e. The summed E-state index contributed by atoms with van der Waals surface area (Å²) in [4.78, 5) is 9.66. The maximum absolute atomic E-state index is 7.17. The number of hydrogen-bond acceptors (Lipinski definition) is 4. The van der Waals surface area contributed by atoms with Crippen molar-refractivity contribution < 1.29 is 25.8 Å². The first-order chi connectivity index (χ1) is 35.0. The minimum atomic E-state index is -0.210. The van der Waals surface area contributed by atoms with Crippen LogP contribution in [0, 0.1) is 26.2 Å². The van der Waals surface area contributed by atoms with E-state index in [1.54, 1.807) is 0 Å². The standard InChI is InChI=1S/C69H73N4O.CH3.Pt/c1-44(2)56-25-20-26-57(45(3)4)65(56)46-35-53(72-43-71(61-32-28-49(39-63(61)72)67(8,9)10)52-24-19-23-51(37-52)69(14,15)47-21-17-16-18-22-47)41-55(36-46)74-54-29-30-58-59-38-48(66(5,6)7)27-31-60(59)73(62(58)42-54)64-40-50(33-34-70-64)68(11,12)13;;/h16-40,43-45H,1-15H3;1H3;/q-3;-1;+4. The molecule has 0 spiro atoms. The molecule has 9 aromatic rings. The summed E-state index contributed by atoms with van der Waals surface area (Å²) in [5.41, 5.74) is 17.0. The zero-order valence-electron chi connectivity index (χ0n) is 47.7. The van der Waals surface area contributed by atoms with Crippen LogP contribution in [0.4, 0.5) is 22.7 Å². The summed E-state index contributed by atoms with van der Waals surface area (Å²) >= 11 is 0. The molecule has 0 saturated heterocycles. The van der Waals surface area contributed by atoms with Gasteiger partial charge in [0.05, 0.1) is 0 Å². The van der Waals surface area contributed by atoms with E-state index in [4.69, 9.17) is 9.72 Å². The predicted molar refractivity (Wildman–Crippen MR) is 319 cm³/mol. The molecule has 0 bridgehead atoms. The molecule has 76 heavy (non-hydrogen) atoms. The van der Waals surface area contributed by atoms with Crippen LogP contribution in [-0.2, 0) is 42.7 Å². The van der Waals surface area contributed by atoms with Crippen molar-refractivity contribution in [3.8, 4) is 28.4 Å². The summed E-state index contributed by atoms with van der Waals surface area (Å²) in [6.45, 7) is 36.4. The molecule has 0 aliphatic carbocycles. The van der Waals surface area contributed by atoms with Crippen molar-refractivity contribution >= 4 is 44.6 Å². The van der Waals surface area contributed by atoms with Gasteiger partial charge in [-0.3, -0.25) is 0 Å². The number of aromatic nitrogens is 2. The van der Waals surface area contributed by atoms with E-state index in [0.29, 0.717) is 23.3 Å². The molecule has 0 amide bonds. The number of anilines is 4. The molecule has 0 N–H and O–H groups in total. The molecule has 0 radical (unpaired) electrons. The van der Waals surface area contributed by atoms with Crippen molar-refractivity contribution in [2.45, 2.75) is 137 Å². The van der Waals surface area contributed by atoms with Crippen molar-refractivity contribution in [1.82, 2.24) is 9.55 Å². The molecule has 10 rings (SSSR count). The Kier molecular flexibility index (Phi) is 15.3. The summed E-state index contributed by atoms with van der Waals surface area (Å²) in [7, 11) is 0. The van der Waals surface area contributed by atoms with E-state index in [1.807, 2.05) is 6.20 Å². The third-order valence-corrected chi connectivity index (χ3v) is 15.3. The Morgan fingerprint density at radius 3 is 1.79 bits per heavy atom. The van der Waals surface area contributed by atoms with Gasteiger partial charge in [-0.15, -0.1) is 53.6 Å². The molecule has 5 nitrogen and oxygen atoms in total. The van der Waals surface area contributed by atoms with Gasteiger partial charge >= 0.3 is 21.1 Å². The Hall–Kier alpha value is -6.42. The van der Waals surface area contributed by atoms with E-state index >= 15 is 0 Å². The summed E-state index contributed by atoms with van der Waals surface area (Å²) in [6.07, 6.45) is 1.93. The quantitative estimate of drug-likeness (QED) is 0.128. The number of rotatable bonds is 10. The fourth-order valence-electron chi connectivity index (χ4n) is 10.6. The molecule has 392 valence electrons. The van der Waals surface area contributed by atoms with Crippen LogP contribution < -0.4 is 14.5 Å². The summed E-state index contributed by atoms with van der Waals surface area (Å²) < 4.78 is 9.42. The second kappa shape index (κ2) is 20.8. The molecular weight excluding hydrogens is 1110 g/mol. The van der Waals surface area contributed by atoms with Crippen LogP contribution in [0.3, 0.4) is 0 Å². The van der Waals surface area contributed by atoms with Crippen LogP contribution in [0.25, 0.3) is 38.8 Å². The normalized spacial score (nSPS) is 13.1. The molecule has 7 aromatic carbocycles. The molecule has 6 heteroatoms. The topological polar surface area (TPSA) is 33.5 Å². The van der Waals surface area contributed by atoms with Gasteiger partial charge in [0.25, 0.3) is 0 Å². The minimum absolute atomic E-state index is 0. The van der Waals surface area contributed by atoms with E-state index in [1.165, 1.54) is 44.5 Å². The van der Waals surface area contributed by atoms with E-state index < -0.39 is 0 Å². The molecule has 0 unspecified atom stereocenters. The molecule has 0 atom stereocenters. The van der Waals surface area contributed by atoms with Crippen molar-refractivity contribution in [3.05, 3.63) is 217 Å². The van der Waals surface area contributed by atoms with Gasteiger partial charge in [0, 0.05) is 45.7 Å². The second-order valence-corrected chi connectivity index (χ2v) is 24.7. The Morgan fingerprint density at radius 1 is 0.513 bits per heavy atom. The number of benzene rings is 7. The molecule has 1 aliphatic heterocycles. The Morgan fingerprint density at radius 2 is 1.13 bits per heavy atom. The smallest absolute Gasteiger partial charge is 0.509 e. The zero-order valence-corrected chi connectivity index (χ0v) is 50.0. The van der Waals surface area contributed by atoms with Gasteiger partial charge in [-0.1, -0.05) is 188 Å². The van der Waals surface area contributed by atoms with Crippen molar-refractivity contribution in [1.29, 1.82) is 0 Å². The monoisotopic (exact) mass is 1180 g/mol. The summed E-state index contributed by atoms with van der Waals surface area (Å²) in [6, 6.07) is 61.1. The number of ether oxygens (including phenoxy) is 1. The average molecular weight is 1180 g/mol. The molecule has 1 aliphatic rings. The van der Waals surface area contributed by atoms with Gasteiger partial charge in [0.2, 0.25) is 0 Å². The van der Waals surface area contributed by atoms with E-state index in [-0.39, 0.29) is 50.2 Å². The molecule has 0 fully saturated rings. The van der Waals surface area contributed by atoms with Crippen LogP contribution in [0.15, 0.2) is 152 Å². The Labute approximate surface area is 469 Å². The van der Waals surface area contributed by atoms with Gasteiger partial charge in [0.15, 0.2) is 0 Å². The fraction of sp³-hybridized carbons (Fsp3) is 0.300. The van der Waals surface area contributed by atoms with Crippen LogP contribution in [0.2, 0.25) is 0 Å². The van der Waals surface area contributed by atoms with Crippen molar-refractivity contribution in [3.63, 3.8) is 0 Å². The van der Waals surface area contributed by atoms with Gasteiger partial charge in [-0.25, -0.2) is 4.98 Å². The van der Waals surface area contributed by atoms with E-state index in [2.05, 4.69) is 283 Å². The van der Waals surface area contributed by atoms with Crippen molar-refractivity contribution in [2.24, 2.45) is 0 Å². The molecule has 0 saturated carbocycles. The maximum atomic E-state index is 7.17. The first-order valence-electron chi connectivity index (χ1n) is 26.6. The number of pyridine rings is 1. The molecular formula is C70H76N4OPt. The number of fused-ring (bicyclic) bond motifs is 4. The molecule has 3 heterocycles. The number of nitrogens with zero attached hydrogens (tertiary/aromatic N) is 4. The van der Waals surface area contributed by atoms with Gasteiger partial charge < -0.3 is 26.5 Å². The maximum Gasteiger partial charge on any atom is 4.00 e.